The van der Waals surface area contributed by atoms with Crippen molar-refractivity contribution in [2.75, 3.05) is 37.7 Å². The summed E-state index contributed by atoms with van der Waals surface area (Å²) in [5, 5.41) is 9.80. The maximum atomic E-state index is 11.9. The number of aromatic nitrogens is 1. The van der Waals surface area contributed by atoms with Crippen LogP contribution in [0.15, 0.2) is 79.6 Å². The molecule has 1 aliphatic heterocycles. The predicted molar refractivity (Wildman–Crippen MR) is 126 cm³/mol. The second-order valence-corrected chi connectivity index (χ2v) is 7.79. The van der Waals surface area contributed by atoms with Gasteiger partial charge in [-0.25, -0.2) is 4.79 Å². The van der Waals surface area contributed by atoms with Crippen LogP contribution in [0, 0.1) is 0 Å². The third-order valence-electron chi connectivity index (χ3n) is 5.62. The normalized spacial score (nSPS) is 14.2. The van der Waals surface area contributed by atoms with Crippen LogP contribution >= 0.6 is 0 Å². The first kappa shape index (κ1) is 21.6. The number of aromatic hydroxyl groups is 1. The van der Waals surface area contributed by atoms with E-state index in [4.69, 9.17) is 4.74 Å². The average Bonchev–Trinajstić information content (AvgIpc) is 2.83. The highest BCUT2D eigenvalue weighted by atomic mass is 16.5. The van der Waals surface area contributed by atoms with Crippen molar-refractivity contribution in [1.29, 1.82) is 0 Å². The van der Waals surface area contributed by atoms with Gasteiger partial charge in [0.2, 0.25) is 0 Å². The van der Waals surface area contributed by atoms with E-state index in [2.05, 4.69) is 33.5 Å². The fraction of sp³-hybridized carbons (Fsp3) is 0.231. The van der Waals surface area contributed by atoms with Crippen LogP contribution in [-0.2, 0) is 11.3 Å². The summed E-state index contributed by atoms with van der Waals surface area (Å²) in [5.41, 5.74) is 4.89. The molecule has 0 amide bonds. The Balaban J connectivity index is 1.37. The number of rotatable bonds is 7. The van der Waals surface area contributed by atoms with Crippen LogP contribution < -0.4 is 4.90 Å². The van der Waals surface area contributed by atoms with Crippen molar-refractivity contribution in [3.05, 3.63) is 90.8 Å². The van der Waals surface area contributed by atoms with Crippen molar-refractivity contribution in [2.45, 2.75) is 6.54 Å². The topological polar surface area (TPSA) is 65.9 Å². The Morgan fingerprint density at radius 3 is 2.53 bits per heavy atom. The monoisotopic (exact) mass is 429 g/mol. The molecule has 0 radical (unpaired) electrons. The Kier molecular flexibility index (Phi) is 6.82. The summed E-state index contributed by atoms with van der Waals surface area (Å²) in [5.74, 6) is -0.159. The summed E-state index contributed by atoms with van der Waals surface area (Å²) >= 11 is 0. The van der Waals surface area contributed by atoms with Crippen molar-refractivity contribution >= 4 is 11.7 Å². The molecule has 0 bridgehead atoms. The van der Waals surface area contributed by atoms with Gasteiger partial charge in [0.05, 0.1) is 11.8 Å². The van der Waals surface area contributed by atoms with E-state index in [9.17, 15) is 9.90 Å². The summed E-state index contributed by atoms with van der Waals surface area (Å²) in [7, 11) is 0. The number of esters is 1. The molecule has 0 unspecified atom stereocenters. The van der Waals surface area contributed by atoms with Gasteiger partial charge >= 0.3 is 5.97 Å². The fourth-order valence-electron chi connectivity index (χ4n) is 3.95. The molecule has 1 N–H and O–H groups in total. The Bertz CT molecular complexity index is 1070. The first-order valence-corrected chi connectivity index (χ1v) is 10.7. The number of ether oxygens (including phenoxy) is 1. The van der Waals surface area contributed by atoms with Crippen molar-refractivity contribution in [3.63, 3.8) is 0 Å². The highest BCUT2D eigenvalue weighted by Gasteiger charge is 2.19. The summed E-state index contributed by atoms with van der Waals surface area (Å²) in [6.07, 6.45) is 4.79. The number of carbonyl (C=O) groups excluding carboxylic acids is 1. The van der Waals surface area contributed by atoms with Gasteiger partial charge in [-0.15, -0.1) is 0 Å². The van der Waals surface area contributed by atoms with E-state index >= 15 is 0 Å². The predicted octanol–water partition coefficient (Wildman–Crippen LogP) is 4.12. The number of hydrogen-bond acceptors (Lipinski definition) is 6. The molecule has 2 heterocycles. The Hall–Kier alpha value is -3.64. The van der Waals surface area contributed by atoms with Crippen molar-refractivity contribution in [2.24, 2.45) is 0 Å². The second kappa shape index (κ2) is 10.1. The van der Waals surface area contributed by atoms with E-state index in [1.54, 1.807) is 18.3 Å². The molecular weight excluding hydrogens is 402 g/mol. The molecule has 3 aromatic rings. The highest BCUT2D eigenvalue weighted by molar-refractivity contribution is 5.89. The SMILES string of the molecule is C=CCOC(=O)c1ccc(N2CCN(Cc3ccccc3-c3cncc(O)c3)CC2)cc1. The number of anilines is 1. The molecule has 2 aromatic carbocycles. The number of nitrogens with zero attached hydrogens (tertiary/aromatic N) is 3. The summed E-state index contributed by atoms with van der Waals surface area (Å²) in [4.78, 5) is 20.8. The van der Waals surface area contributed by atoms with Crippen LogP contribution in [0.25, 0.3) is 11.1 Å². The molecule has 1 saturated heterocycles. The first-order chi connectivity index (χ1) is 15.6. The highest BCUT2D eigenvalue weighted by Crippen LogP contribution is 2.27. The fourth-order valence-corrected chi connectivity index (χ4v) is 3.95. The van der Waals surface area contributed by atoms with Crippen LogP contribution in [0.3, 0.4) is 0 Å². The molecule has 1 aliphatic rings. The minimum atomic E-state index is -0.332. The largest absolute Gasteiger partial charge is 0.506 e. The van der Waals surface area contributed by atoms with Gasteiger partial charge < -0.3 is 14.7 Å². The van der Waals surface area contributed by atoms with Gasteiger partial charge in [-0.05, 0) is 41.5 Å². The third kappa shape index (κ3) is 5.15. The molecule has 0 saturated carbocycles. The molecule has 0 aliphatic carbocycles. The van der Waals surface area contributed by atoms with E-state index in [0.717, 1.165) is 49.5 Å². The molecule has 1 fully saturated rings. The van der Waals surface area contributed by atoms with Crippen LogP contribution in [0.4, 0.5) is 5.69 Å². The standard InChI is InChI=1S/C26H27N3O3/c1-2-15-32-26(31)20-7-9-23(10-8-20)29-13-11-28(12-14-29)19-21-5-3-4-6-25(21)22-16-24(30)18-27-17-22/h2-10,16-18,30H,1,11-15,19H2. The van der Waals surface area contributed by atoms with Crippen LogP contribution in [-0.4, -0.2) is 53.7 Å². The molecule has 6 nitrogen and oxygen atoms in total. The zero-order valence-corrected chi connectivity index (χ0v) is 18.0. The second-order valence-electron chi connectivity index (χ2n) is 7.79. The van der Waals surface area contributed by atoms with Crippen LogP contribution in [0.5, 0.6) is 5.75 Å². The van der Waals surface area contributed by atoms with Crippen molar-refractivity contribution < 1.29 is 14.6 Å². The summed E-state index contributed by atoms with van der Waals surface area (Å²) in [6.45, 7) is 8.32. The number of piperazine rings is 1. The molecular formula is C26H27N3O3. The minimum absolute atomic E-state index is 0.172. The Morgan fingerprint density at radius 1 is 1.06 bits per heavy atom. The molecule has 1 aromatic heterocycles. The Labute approximate surface area is 188 Å². The zero-order chi connectivity index (χ0) is 22.3. The maximum Gasteiger partial charge on any atom is 0.338 e. The number of carbonyl (C=O) groups is 1. The summed E-state index contributed by atoms with van der Waals surface area (Å²) in [6, 6.07) is 17.6. The van der Waals surface area contributed by atoms with E-state index in [1.807, 2.05) is 36.4 Å². The van der Waals surface area contributed by atoms with Crippen LogP contribution in [0.2, 0.25) is 0 Å². The molecule has 0 atom stereocenters. The van der Waals surface area contributed by atoms with Gasteiger partial charge in [0.25, 0.3) is 0 Å². The molecule has 4 rings (SSSR count). The number of hydrogen-bond donors (Lipinski definition) is 1. The van der Waals surface area contributed by atoms with Gasteiger partial charge in [-0.3, -0.25) is 9.88 Å². The average molecular weight is 430 g/mol. The summed E-state index contributed by atoms with van der Waals surface area (Å²) < 4.78 is 5.09. The minimum Gasteiger partial charge on any atom is -0.506 e. The van der Waals surface area contributed by atoms with Gasteiger partial charge in [0.1, 0.15) is 12.4 Å². The lowest BCUT2D eigenvalue weighted by atomic mass is 10.0. The van der Waals surface area contributed by atoms with E-state index in [1.165, 1.54) is 11.8 Å². The van der Waals surface area contributed by atoms with E-state index in [-0.39, 0.29) is 18.3 Å². The number of benzene rings is 2. The first-order valence-electron chi connectivity index (χ1n) is 10.7. The number of pyridine rings is 1. The van der Waals surface area contributed by atoms with Gasteiger partial charge in [0.15, 0.2) is 0 Å². The zero-order valence-electron chi connectivity index (χ0n) is 18.0. The van der Waals surface area contributed by atoms with Gasteiger partial charge in [-0.2, -0.15) is 0 Å². The van der Waals surface area contributed by atoms with Crippen molar-refractivity contribution in [1.82, 2.24) is 9.88 Å². The lowest BCUT2D eigenvalue weighted by Gasteiger charge is -2.36. The third-order valence-corrected chi connectivity index (χ3v) is 5.62. The van der Waals surface area contributed by atoms with E-state index < -0.39 is 0 Å². The quantitative estimate of drug-likeness (QED) is 0.450. The lowest BCUT2D eigenvalue weighted by Crippen LogP contribution is -2.46. The molecule has 6 heteroatoms. The lowest BCUT2D eigenvalue weighted by molar-refractivity contribution is 0.0550. The van der Waals surface area contributed by atoms with E-state index in [0.29, 0.717) is 5.56 Å². The van der Waals surface area contributed by atoms with Gasteiger partial charge in [-0.1, -0.05) is 36.9 Å². The van der Waals surface area contributed by atoms with Crippen LogP contribution in [0.1, 0.15) is 15.9 Å². The molecule has 164 valence electrons. The molecule has 32 heavy (non-hydrogen) atoms. The smallest absolute Gasteiger partial charge is 0.338 e. The van der Waals surface area contributed by atoms with Gasteiger partial charge in [0, 0.05) is 50.2 Å². The van der Waals surface area contributed by atoms with Crippen molar-refractivity contribution in [3.8, 4) is 16.9 Å². The maximum absolute atomic E-state index is 11.9. The Morgan fingerprint density at radius 2 is 1.81 bits per heavy atom. The molecule has 0 spiro atoms.